The molecule has 1 amide bonds. The monoisotopic (exact) mass is 305 g/mol. The van der Waals surface area contributed by atoms with Gasteiger partial charge in [0.1, 0.15) is 0 Å². The zero-order chi connectivity index (χ0) is 13.1. The molecule has 0 saturated heterocycles. The smallest absolute Gasteiger partial charge is 0.255 e. The highest BCUT2D eigenvalue weighted by molar-refractivity contribution is 9.10. The van der Waals surface area contributed by atoms with Gasteiger partial charge >= 0.3 is 0 Å². The van der Waals surface area contributed by atoms with Gasteiger partial charge in [0.05, 0.1) is 0 Å². The largest absolute Gasteiger partial charge is 0.399 e. The molecule has 2 rings (SSSR count). The Morgan fingerprint density at radius 1 is 1.06 bits per heavy atom. The number of hydrogen-bond donors (Lipinski definition) is 3. The maximum Gasteiger partial charge on any atom is 0.255 e. The van der Waals surface area contributed by atoms with Crippen LogP contribution in [0.25, 0.3) is 0 Å². The van der Waals surface area contributed by atoms with Crippen LogP contribution in [0, 0.1) is 0 Å². The molecule has 0 aromatic heterocycles. The first-order chi connectivity index (χ1) is 8.56. The minimum Gasteiger partial charge on any atom is -0.399 e. The van der Waals surface area contributed by atoms with E-state index < -0.39 is 0 Å². The molecule has 5 heteroatoms. The minimum atomic E-state index is -0.209. The van der Waals surface area contributed by atoms with E-state index in [1.165, 1.54) is 0 Å². The molecular formula is C13H12BrN3O. The van der Waals surface area contributed by atoms with E-state index in [1.54, 1.807) is 42.5 Å². The summed E-state index contributed by atoms with van der Waals surface area (Å²) >= 11 is 3.28. The Hall–Kier alpha value is -2.01. The molecule has 0 bridgehead atoms. The van der Waals surface area contributed by atoms with E-state index in [4.69, 9.17) is 11.5 Å². The lowest BCUT2D eigenvalue weighted by atomic mass is 10.2. The van der Waals surface area contributed by atoms with Crippen LogP contribution in [0.15, 0.2) is 46.9 Å². The third-order valence-electron chi connectivity index (χ3n) is 2.43. The Labute approximate surface area is 113 Å². The van der Waals surface area contributed by atoms with E-state index in [0.29, 0.717) is 22.6 Å². The second kappa shape index (κ2) is 5.10. The van der Waals surface area contributed by atoms with Crippen LogP contribution in [-0.4, -0.2) is 5.91 Å². The number of nitrogen functional groups attached to an aromatic ring is 2. The number of carbonyl (C=O) groups is 1. The van der Waals surface area contributed by atoms with E-state index >= 15 is 0 Å². The van der Waals surface area contributed by atoms with E-state index in [2.05, 4.69) is 21.2 Å². The number of nitrogens with two attached hydrogens (primary N) is 2. The quantitative estimate of drug-likeness (QED) is 0.746. The highest BCUT2D eigenvalue weighted by Crippen LogP contribution is 2.21. The van der Waals surface area contributed by atoms with Crippen molar-refractivity contribution in [2.45, 2.75) is 0 Å². The second-order valence-corrected chi connectivity index (χ2v) is 4.67. The molecule has 0 heterocycles. The van der Waals surface area contributed by atoms with Gasteiger partial charge in [-0.2, -0.15) is 0 Å². The molecule has 2 aromatic carbocycles. The molecule has 0 unspecified atom stereocenters. The third kappa shape index (κ3) is 2.81. The van der Waals surface area contributed by atoms with Gasteiger partial charge in [0.15, 0.2) is 0 Å². The van der Waals surface area contributed by atoms with Crippen LogP contribution in [0.3, 0.4) is 0 Å². The lowest BCUT2D eigenvalue weighted by Crippen LogP contribution is -2.12. The van der Waals surface area contributed by atoms with E-state index in [1.807, 2.05) is 0 Å². The maximum atomic E-state index is 11.9. The molecule has 5 N–H and O–H groups in total. The van der Waals surface area contributed by atoms with Gasteiger partial charge in [0, 0.05) is 27.1 Å². The van der Waals surface area contributed by atoms with Crippen molar-refractivity contribution < 1.29 is 4.79 Å². The first kappa shape index (κ1) is 12.4. The molecule has 0 saturated carbocycles. The predicted molar refractivity (Wildman–Crippen MR) is 77.4 cm³/mol. The van der Waals surface area contributed by atoms with Crippen molar-refractivity contribution in [1.29, 1.82) is 0 Å². The molecule has 0 aliphatic carbocycles. The van der Waals surface area contributed by atoms with Crippen molar-refractivity contribution in [2.75, 3.05) is 16.8 Å². The van der Waals surface area contributed by atoms with Crippen LogP contribution in [0.4, 0.5) is 17.1 Å². The fraction of sp³-hybridized carbons (Fsp3) is 0. The second-order valence-electron chi connectivity index (χ2n) is 3.81. The fourth-order valence-corrected chi connectivity index (χ4v) is 1.70. The summed E-state index contributed by atoms with van der Waals surface area (Å²) in [6.45, 7) is 0. The van der Waals surface area contributed by atoms with Gasteiger partial charge in [0.25, 0.3) is 5.91 Å². The number of amides is 1. The van der Waals surface area contributed by atoms with Crippen molar-refractivity contribution in [3.05, 3.63) is 52.5 Å². The Balaban J connectivity index is 2.16. The molecule has 0 aliphatic rings. The van der Waals surface area contributed by atoms with Crippen LogP contribution in [0.5, 0.6) is 0 Å². The number of carbonyl (C=O) groups excluding carboxylic acids is 1. The van der Waals surface area contributed by atoms with Crippen LogP contribution in [0.1, 0.15) is 10.4 Å². The highest BCUT2D eigenvalue weighted by atomic mass is 79.9. The summed E-state index contributed by atoms with van der Waals surface area (Å²) in [6.07, 6.45) is 0. The van der Waals surface area contributed by atoms with Crippen LogP contribution in [-0.2, 0) is 0 Å². The molecule has 0 radical (unpaired) electrons. The summed E-state index contributed by atoms with van der Waals surface area (Å²) in [7, 11) is 0. The number of anilines is 3. The highest BCUT2D eigenvalue weighted by Gasteiger charge is 2.07. The zero-order valence-electron chi connectivity index (χ0n) is 9.48. The number of nitrogens with one attached hydrogen (secondary N) is 1. The first-order valence-corrected chi connectivity index (χ1v) is 6.07. The summed E-state index contributed by atoms with van der Waals surface area (Å²) < 4.78 is 0.770. The van der Waals surface area contributed by atoms with Gasteiger partial charge in [-0.15, -0.1) is 0 Å². The van der Waals surface area contributed by atoms with Crippen LogP contribution >= 0.6 is 15.9 Å². The summed E-state index contributed by atoms with van der Waals surface area (Å²) in [5.41, 5.74) is 13.7. The van der Waals surface area contributed by atoms with Crippen molar-refractivity contribution in [3.63, 3.8) is 0 Å². The summed E-state index contributed by atoms with van der Waals surface area (Å²) in [5.74, 6) is -0.209. The third-order valence-corrected chi connectivity index (χ3v) is 3.15. The Kier molecular flexibility index (Phi) is 3.53. The first-order valence-electron chi connectivity index (χ1n) is 5.28. The molecule has 0 spiro atoms. The van der Waals surface area contributed by atoms with Crippen molar-refractivity contribution in [2.24, 2.45) is 0 Å². The maximum absolute atomic E-state index is 11.9. The lowest BCUT2D eigenvalue weighted by Gasteiger charge is -2.07. The molecular weight excluding hydrogens is 294 g/mol. The van der Waals surface area contributed by atoms with E-state index in [-0.39, 0.29) is 5.91 Å². The van der Waals surface area contributed by atoms with Gasteiger partial charge < -0.3 is 16.8 Å². The van der Waals surface area contributed by atoms with Gasteiger partial charge in [-0.1, -0.05) is 0 Å². The summed E-state index contributed by atoms with van der Waals surface area (Å²) in [6, 6.07) is 12.0. The summed E-state index contributed by atoms with van der Waals surface area (Å²) in [4.78, 5) is 11.9. The molecule has 0 atom stereocenters. The Bertz CT molecular complexity index is 581. The molecule has 18 heavy (non-hydrogen) atoms. The summed E-state index contributed by atoms with van der Waals surface area (Å²) in [5, 5.41) is 2.77. The van der Waals surface area contributed by atoms with Crippen molar-refractivity contribution >= 4 is 38.9 Å². The van der Waals surface area contributed by atoms with Crippen LogP contribution in [0.2, 0.25) is 0 Å². The standard InChI is InChI=1S/C13H12BrN3O/c14-11-6-1-8(7-12(11)16)13(18)17-10-4-2-9(15)3-5-10/h1-7H,15-16H2,(H,17,18). The van der Waals surface area contributed by atoms with Crippen molar-refractivity contribution in [3.8, 4) is 0 Å². The van der Waals surface area contributed by atoms with Gasteiger partial charge in [-0.05, 0) is 58.4 Å². The SMILES string of the molecule is Nc1ccc(NC(=O)c2ccc(Br)c(N)c2)cc1. The molecule has 4 nitrogen and oxygen atoms in total. The lowest BCUT2D eigenvalue weighted by molar-refractivity contribution is 0.102. The van der Waals surface area contributed by atoms with Crippen molar-refractivity contribution in [1.82, 2.24) is 0 Å². The van der Waals surface area contributed by atoms with Gasteiger partial charge in [-0.3, -0.25) is 4.79 Å². The van der Waals surface area contributed by atoms with Gasteiger partial charge in [0.2, 0.25) is 0 Å². The number of rotatable bonds is 2. The van der Waals surface area contributed by atoms with Crippen LogP contribution < -0.4 is 16.8 Å². The molecule has 0 aliphatic heterocycles. The van der Waals surface area contributed by atoms with E-state index in [0.717, 1.165) is 4.47 Å². The normalized spacial score (nSPS) is 10.1. The average Bonchev–Trinajstić information content (AvgIpc) is 2.35. The molecule has 92 valence electrons. The topological polar surface area (TPSA) is 81.1 Å². The number of benzene rings is 2. The molecule has 2 aromatic rings. The fourth-order valence-electron chi connectivity index (χ4n) is 1.45. The van der Waals surface area contributed by atoms with Gasteiger partial charge in [-0.25, -0.2) is 0 Å². The number of hydrogen-bond acceptors (Lipinski definition) is 3. The minimum absolute atomic E-state index is 0.209. The van der Waals surface area contributed by atoms with E-state index in [9.17, 15) is 4.79 Å². The average molecular weight is 306 g/mol. The zero-order valence-corrected chi connectivity index (χ0v) is 11.1. The number of halogens is 1. The Morgan fingerprint density at radius 3 is 2.33 bits per heavy atom. The Morgan fingerprint density at radius 2 is 1.72 bits per heavy atom. The molecule has 0 fully saturated rings. The predicted octanol–water partition coefficient (Wildman–Crippen LogP) is 2.87.